The number of ketones is 1. The summed E-state index contributed by atoms with van der Waals surface area (Å²) in [6, 6.07) is 4.27. The number of nitrogens with two attached hydrogens (primary N) is 1. The van der Waals surface area contributed by atoms with Crippen LogP contribution in [0.25, 0.3) is 0 Å². The first-order chi connectivity index (χ1) is 7.29. The highest BCUT2D eigenvalue weighted by atomic mass is 19.1. The molecule has 0 unspecified atom stereocenters. The van der Waals surface area contributed by atoms with Crippen molar-refractivity contribution in [1.82, 2.24) is 0 Å². The molecule has 0 fully saturated rings. The molecule has 0 aromatic heterocycles. The quantitative estimate of drug-likeness (QED) is 0.797. The largest absolute Gasteiger partial charge is 0.326 e. The van der Waals surface area contributed by atoms with E-state index < -0.39 is 0 Å². The first-order valence-electron chi connectivity index (χ1n) is 5.38. The Balaban J connectivity index is 2.77. The van der Waals surface area contributed by atoms with Gasteiger partial charge in [0.25, 0.3) is 0 Å². The fourth-order valence-electron chi connectivity index (χ4n) is 1.47. The Bertz CT molecular complexity index is 393. The predicted octanol–water partition coefficient (Wildman–Crippen LogP) is 2.83. The van der Waals surface area contributed by atoms with E-state index in [1.807, 2.05) is 13.8 Å². The van der Waals surface area contributed by atoms with Crippen LogP contribution in [0.3, 0.4) is 0 Å². The molecule has 0 heterocycles. The molecule has 0 saturated carbocycles. The Morgan fingerprint density at radius 2 is 2.06 bits per heavy atom. The van der Waals surface area contributed by atoms with Crippen molar-refractivity contribution < 1.29 is 9.18 Å². The molecular weight excluding hydrogens is 205 g/mol. The summed E-state index contributed by atoms with van der Waals surface area (Å²) in [6.45, 7) is 5.55. The first-order valence-corrected chi connectivity index (χ1v) is 5.38. The molecule has 1 aromatic carbocycles. The van der Waals surface area contributed by atoms with Crippen LogP contribution in [0.5, 0.6) is 0 Å². The zero-order chi connectivity index (χ0) is 12.3. The van der Waals surface area contributed by atoms with E-state index in [-0.39, 0.29) is 17.1 Å². The number of benzene rings is 1. The summed E-state index contributed by atoms with van der Waals surface area (Å²) in [4.78, 5) is 11.8. The number of hydrogen-bond acceptors (Lipinski definition) is 2. The van der Waals surface area contributed by atoms with E-state index in [2.05, 4.69) is 0 Å². The Morgan fingerprint density at radius 3 is 2.62 bits per heavy atom. The van der Waals surface area contributed by atoms with Crippen LogP contribution in [0.15, 0.2) is 18.2 Å². The standard InChI is InChI=1S/C13H18FNO/c1-9-4-5-10(14)8-11(9)12(16)6-7-13(2,3)15/h4-5,8H,6-7,15H2,1-3H3. The van der Waals surface area contributed by atoms with E-state index in [4.69, 9.17) is 5.73 Å². The average molecular weight is 223 g/mol. The van der Waals surface area contributed by atoms with Crippen LogP contribution in [-0.2, 0) is 0 Å². The lowest BCUT2D eigenvalue weighted by Crippen LogP contribution is -2.32. The highest BCUT2D eigenvalue weighted by Gasteiger charge is 2.16. The van der Waals surface area contributed by atoms with Crippen molar-refractivity contribution in [3.63, 3.8) is 0 Å². The minimum Gasteiger partial charge on any atom is -0.326 e. The molecule has 3 heteroatoms. The first kappa shape index (κ1) is 12.8. The molecule has 0 bridgehead atoms. The van der Waals surface area contributed by atoms with Gasteiger partial charge in [-0.1, -0.05) is 6.07 Å². The maximum absolute atomic E-state index is 13.0. The number of rotatable bonds is 4. The molecule has 2 nitrogen and oxygen atoms in total. The molecule has 16 heavy (non-hydrogen) atoms. The van der Waals surface area contributed by atoms with E-state index in [9.17, 15) is 9.18 Å². The molecular formula is C13H18FNO. The van der Waals surface area contributed by atoms with Crippen molar-refractivity contribution in [3.8, 4) is 0 Å². The van der Waals surface area contributed by atoms with Crippen molar-refractivity contribution in [2.45, 2.75) is 39.2 Å². The van der Waals surface area contributed by atoms with Crippen LogP contribution in [0.4, 0.5) is 4.39 Å². The topological polar surface area (TPSA) is 43.1 Å². The van der Waals surface area contributed by atoms with Gasteiger partial charge in [0.1, 0.15) is 5.82 Å². The third kappa shape index (κ3) is 3.74. The smallest absolute Gasteiger partial charge is 0.163 e. The van der Waals surface area contributed by atoms with Crippen molar-refractivity contribution >= 4 is 5.78 Å². The zero-order valence-corrected chi connectivity index (χ0v) is 10.0. The van der Waals surface area contributed by atoms with E-state index in [0.29, 0.717) is 18.4 Å². The number of carbonyl (C=O) groups is 1. The molecule has 0 amide bonds. The molecule has 0 aliphatic heterocycles. The van der Waals surface area contributed by atoms with Crippen LogP contribution in [0.1, 0.15) is 42.6 Å². The summed E-state index contributed by atoms with van der Waals surface area (Å²) in [5.74, 6) is -0.420. The number of hydrogen-bond donors (Lipinski definition) is 1. The van der Waals surface area contributed by atoms with Crippen LogP contribution in [0, 0.1) is 12.7 Å². The van der Waals surface area contributed by atoms with Crippen LogP contribution >= 0.6 is 0 Å². The van der Waals surface area contributed by atoms with E-state index in [0.717, 1.165) is 5.56 Å². The van der Waals surface area contributed by atoms with Crippen LogP contribution in [0.2, 0.25) is 0 Å². The second kappa shape index (κ2) is 4.74. The van der Waals surface area contributed by atoms with E-state index in [1.54, 1.807) is 13.0 Å². The fourth-order valence-corrected chi connectivity index (χ4v) is 1.47. The average Bonchev–Trinajstić information content (AvgIpc) is 2.17. The SMILES string of the molecule is Cc1ccc(F)cc1C(=O)CCC(C)(C)N. The summed E-state index contributed by atoms with van der Waals surface area (Å²) in [5.41, 5.74) is 6.71. The molecule has 0 spiro atoms. The molecule has 0 radical (unpaired) electrons. The van der Waals surface area contributed by atoms with Crippen molar-refractivity contribution in [2.24, 2.45) is 5.73 Å². The third-order valence-corrected chi connectivity index (χ3v) is 2.50. The van der Waals surface area contributed by atoms with Crippen molar-refractivity contribution in [3.05, 3.63) is 35.1 Å². The van der Waals surface area contributed by atoms with Crippen molar-refractivity contribution in [2.75, 3.05) is 0 Å². The Hall–Kier alpha value is -1.22. The van der Waals surface area contributed by atoms with Crippen molar-refractivity contribution in [1.29, 1.82) is 0 Å². The van der Waals surface area contributed by atoms with E-state index in [1.165, 1.54) is 12.1 Å². The van der Waals surface area contributed by atoms with Gasteiger partial charge in [0.15, 0.2) is 5.78 Å². The lowest BCUT2D eigenvalue weighted by atomic mass is 9.94. The van der Waals surface area contributed by atoms with Gasteiger partial charge in [0.05, 0.1) is 0 Å². The highest BCUT2D eigenvalue weighted by Crippen LogP contribution is 2.16. The van der Waals surface area contributed by atoms with Gasteiger partial charge in [-0.2, -0.15) is 0 Å². The summed E-state index contributed by atoms with van der Waals surface area (Å²) in [6.07, 6.45) is 0.954. The maximum atomic E-state index is 13.0. The monoisotopic (exact) mass is 223 g/mol. The molecule has 1 aromatic rings. The number of carbonyl (C=O) groups excluding carboxylic acids is 1. The number of Topliss-reactive ketones (excluding diaryl/α,β-unsaturated/α-hetero) is 1. The predicted molar refractivity (Wildman–Crippen MR) is 63.0 cm³/mol. The molecule has 0 saturated heterocycles. The van der Waals surface area contributed by atoms with Gasteiger partial charge in [0, 0.05) is 17.5 Å². The van der Waals surface area contributed by atoms with Gasteiger partial charge >= 0.3 is 0 Å². The Morgan fingerprint density at radius 1 is 1.44 bits per heavy atom. The molecule has 0 aliphatic carbocycles. The van der Waals surface area contributed by atoms with Crippen LogP contribution < -0.4 is 5.73 Å². The summed E-state index contributed by atoms with van der Waals surface area (Å²) >= 11 is 0. The highest BCUT2D eigenvalue weighted by molar-refractivity contribution is 5.97. The lowest BCUT2D eigenvalue weighted by molar-refractivity contribution is 0.0971. The molecule has 2 N–H and O–H groups in total. The molecule has 1 rings (SSSR count). The maximum Gasteiger partial charge on any atom is 0.163 e. The normalized spacial score (nSPS) is 11.6. The number of halogens is 1. The zero-order valence-electron chi connectivity index (χ0n) is 10.0. The second-order valence-corrected chi connectivity index (χ2v) is 4.87. The fraction of sp³-hybridized carbons (Fsp3) is 0.462. The summed E-state index contributed by atoms with van der Waals surface area (Å²) < 4.78 is 13.0. The summed E-state index contributed by atoms with van der Waals surface area (Å²) in [7, 11) is 0. The van der Waals surface area contributed by atoms with Gasteiger partial charge in [-0.3, -0.25) is 4.79 Å². The van der Waals surface area contributed by atoms with Crippen LogP contribution in [-0.4, -0.2) is 11.3 Å². The molecule has 88 valence electrons. The minimum atomic E-state index is -0.374. The lowest BCUT2D eigenvalue weighted by Gasteiger charge is -2.17. The van der Waals surface area contributed by atoms with Gasteiger partial charge < -0.3 is 5.73 Å². The van der Waals surface area contributed by atoms with E-state index >= 15 is 0 Å². The second-order valence-electron chi connectivity index (χ2n) is 4.87. The molecule has 0 atom stereocenters. The van der Waals surface area contributed by atoms with Gasteiger partial charge in [-0.05, 0) is 44.9 Å². The van der Waals surface area contributed by atoms with Gasteiger partial charge in [-0.25, -0.2) is 4.39 Å². The Kier molecular flexibility index (Phi) is 3.81. The summed E-state index contributed by atoms with van der Waals surface area (Å²) in [5, 5.41) is 0. The van der Waals surface area contributed by atoms with Gasteiger partial charge in [-0.15, -0.1) is 0 Å². The number of aryl methyl sites for hydroxylation is 1. The molecule has 0 aliphatic rings. The minimum absolute atomic E-state index is 0.0458. The Labute approximate surface area is 95.7 Å². The third-order valence-electron chi connectivity index (χ3n) is 2.50. The van der Waals surface area contributed by atoms with Gasteiger partial charge in [0.2, 0.25) is 0 Å².